The summed E-state index contributed by atoms with van der Waals surface area (Å²) >= 11 is 0. The van der Waals surface area contributed by atoms with E-state index in [1.165, 1.54) is 16.7 Å². The van der Waals surface area contributed by atoms with Crippen molar-refractivity contribution >= 4 is 76.3 Å². The standard InChI is InChI=1S/C59H36N6O/c1-59(2)45-29-37(47-24-22-38(31-62-47)48-25-20-35-17-15-33-9-7-27-60-53(33)55(35)64-48)19-23-41(45)52-46(59)30-43(51-42-13-5-6-14-50(42)66-58(51)52)44-32-63-57(40-12-4-3-11-39(40)44)49-26-21-36-18-16-34-10-8-28-61-54(34)56(36)65-49/h3-32H,1-2H3. The Bertz CT molecular complexity index is 4210. The summed E-state index contributed by atoms with van der Waals surface area (Å²) in [7, 11) is 0. The molecule has 0 unspecified atom stereocenters. The lowest BCUT2D eigenvalue weighted by atomic mass is 9.80. The van der Waals surface area contributed by atoms with Crippen molar-refractivity contribution in [3.05, 3.63) is 194 Å². The summed E-state index contributed by atoms with van der Waals surface area (Å²) in [6, 6.07) is 55.2. The molecule has 0 spiro atoms. The Morgan fingerprint density at radius 2 is 1.05 bits per heavy atom. The zero-order valence-corrected chi connectivity index (χ0v) is 35.9. The average molecular weight is 845 g/mol. The topological polar surface area (TPSA) is 90.5 Å². The van der Waals surface area contributed by atoms with E-state index in [9.17, 15) is 0 Å². The quantitative estimate of drug-likeness (QED) is 0.163. The van der Waals surface area contributed by atoms with Crippen LogP contribution in [-0.2, 0) is 5.41 Å². The van der Waals surface area contributed by atoms with E-state index in [0.29, 0.717) is 0 Å². The third-order valence-corrected chi connectivity index (χ3v) is 13.8. The van der Waals surface area contributed by atoms with E-state index in [-0.39, 0.29) is 5.41 Å². The molecule has 6 aromatic carbocycles. The molecule has 0 amide bonds. The van der Waals surface area contributed by atoms with Crippen LogP contribution in [0.25, 0.3) is 132 Å². The molecule has 7 nitrogen and oxygen atoms in total. The van der Waals surface area contributed by atoms with Crippen molar-refractivity contribution < 1.29 is 4.42 Å². The summed E-state index contributed by atoms with van der Waals surface area (Å²) in [6.07, 6.45) is 7.61. The van der Waals surface area contributed by atoms with Gasteiger partial charge in [0.05, 0.1) is 44.8 Å². The van der Waals surface area contributed by atoms with Gasteiger partial charge in [0.2, 0.25) is 0 Å². The Hall–Kier alpha value is -8.68. The molecular weight excluding hydrogens is 809 g/mol. The molecule has 308 valence electrons. The van der Waals surface area contributed by atoms with Gasteiger partial charge in [-0.3, -0.25) is 19.9 Å². The van der Waals surface area contributed by atoms with Gasteiger partial charge in [0.15, 0.2) is 0 Å². The Kier molecular flexibility index (Phi) is 7.61. The number of hydrogen-bond acceptors (Lipinski definition) is 7. The van der Waals surface area contributed by atoms with Gasteiger partial charge in [0, 0.05) is 90.2 Å². The van der Waals surface area contributed by atoms with E-state index in [0.717, 1.165) is 127 Å². The molecule has 0 atom stereocenters. The predicted octanol–water partition coefficient (Wildman–Crippen LogP) is 14.7. The van der Waals surface area contributed by atoms with Gasteiger partial charge in [0.25, 0.3) is 0 Å². The molecule has 0 bridgehead atoms. The molecule has 7 heteroatoms. The molecule has 1 aliphatic rings. The van der Waals surface area contributed by atoms with Gasteiger partial charge in [-0.2, -0.15) is 0 Å². The first-order valence-electron chi connectivity index (χ1n) is 22.2. The minimum absolute atomic E-state index is 0.358. The van der Waals surface area contributed by atoms with Crippen LogP contribution >= 0.6 is 0 Å². The molecule has 0 N–H and O–H groups in total. The molecule has 7 aromatic heterocycles. The van der Waals surface area contributed by atoms with Gasteiger partial charge < -0.3 is 4.42 Å². The minimum Gasteiger partial charge on any atom is -0.455 e. The number of benzene rings is 6. The highest BCUT2D eigenvalue weighted by Crippen LogP contribution is 2.56. The van der Waals surface area contributed by atoms with Crippen LogP contribution in [0, 0.1) is 0 Å². The van der Waals surface area contributed by atoms with E-state index in [1.54, 1.807) is 0 Å². The first-order chi connectivity index (χ1) is 32.5. The Balaban J connectivity index is 0.895. The zero-order chi connectivity index (χ0) is 43.7. The molecule has 7 heterocycles. The van der Waals surface area contributed by atoms with Crippen molar-refractivity contribution in [1.29, 1.82) is 0 Å². The van der Waals surface area contributed by atoms with Gasteiger partial charge in [-0.15, -0.1) is 0 Å². The predicted molar refractivity (Wildman–Crippen MR) is 267 cm³/mol. The maximum Gasteiger partial charge on any atom is 0.144 e. The number of furan rings is 1. The second-order valence-corrected chi connectivity index (χ2v) is 17.9. The number of rotatable bonds is 4. The van der Waals surface area contributed by atoms with E-state index in [4.69, 9.17) is 29.3 Å². The second-order valence-electron chi connectivity index (χ2n) is 17.9. The molecule has 14 rings (SSSR count). The third kappa shape index (κ3) is 5.31. The van der Waals surface area contributed by atoms with Gasteiger partial charge in [-0.25, -0.2) is 9.97 Å². The molecular formula is C59H36N6O. The van der Waals surface area contributed by atoms with Crippen LogP contribution < -0.4 is 0 Å². The van der Waals surface area contributed by atoms with Crippen LogP contribution in [0.4, 0.5) is 0 Å². The van der Waals surface area contributed by atoms with E-state index >= 15 is 0 Å². The average Bonchev–Trinajstić information content (AvgIpc) is 3.87. The van der Waals surface area contributed by atoms with Crippen LogP contribution in [0.3, 0.4) is 0 Å². The van der Waals surface area contributed by atoms with Gasteiger partial charge in [-0.05, 0) is 82.2 Å². The fourth-order valence-corrected chi connectivity index (χ4v) is 10.5. The number of hydrogen-bond donors (Lipinski definition) is 0. The third-order valence-electron chi connectivity index (χ3n) is 13.8. The van der Waals surface area contributed by atoms with Crippen molar-refractivity contribution in [3.63, 3.8) is 0 Å². The number of nitrogens with zero attached hydrogens (tertiary/aromatic N) is 6. The maximum atomic E-state index is 6.95. The summed E-state index contributed by atoms with van der Waals surface area (Å²) in [5.74, 6) is 0. The maximum absolute atomic E-state index is 6.95. The van der Waals surface area contributed by atoms with Crippen LogP contribution in [-0.4, -0.2) is 29.9 Å². The Morgan fingerprint density at radius 1 is 0.424 bits per heavy atom. The van der Waals surface area contributed by atoms with Crippen molar-refractivity contribution in [3.8, 4) is 56.2 Å². The summed E-state index contributed by atoms with van der Waals surface area (Å²) in [5, 5.41) is 8.53. The SMILES string of the molecule is CC1(C)c2cc(-c3ccc(-c4ccc5ccc6cccnc6c5n4)cn3)ccc2-c2c1cc(-c1cnc(-c3ccc4ccc5cccnc5c4n3)c3ccccc13)c1c2oc2ccccc21. The van der Waals surface area contributed by atoms with Crippen molar-refractivity contribution in [2.45, 2.75) is 19.3 Å². The number of para-hydroxylation sites is 1. The van der Waals surface area contributed by atoms with Crippen molar-refractivity contribution in [2.24, 2.45) is 0 Å². The molecule has 0 fully saturated rings. The number of aromatic nitrogens is 6. The van der Waals surface area contributed by atoms with Crippen LogP contribution in [0.15, 0.2) is 187 Å². The highest BCUT2D eigenvalue weighted by molar-refractivity contribution is 6.20. The lowest BCUT2D eigenvalue weighted by molar-refractivity contribution is 0.653. The first-order valence-corrected chi connectivity index (χ1v) is 22.2. The van der Waals surface area contributed by atoms with Gasteiger partial charge >= 0.3 is 0 Å². The fraction of sp³-hybridized carbons (Fsp3) is 0.0508. The molecule has 13 aromatic rings. The van der Waals surface area contributed by atoms with Crippen molar-refractivity contribution in [1.82, 2.24) is 29.9 Å². The Labute approximate surface area is 378 Å². The smallest absolute Gasteiger partial charge is 0.144 e. The first kappa shape index (κ1) is 36.8. The zero-order valence-electron chi connectivity index (χ0n) is 35.9. The van der Waals surface area contributed by atoms with E-state index < -0.39 is 0 Å². The summed E-state index contributed by atoms with van der Waals surface area (Å²) in [6.45, 7) is 4.65. The van der Waals surface area contributed by atoms with Crippen molar-refractivity contribution in [2.75, 3.05) is 0 Å². The number of fused-ring (bicyclic) bond motifs is 14. The second kappa shape index (κ2) is 13.7. The van der Waals surface area contributed by atoms with Gasteiger partial charge in [0.1, 0.15) is 11.2 Å². The molecule has 66 heavy (non-hydrogen) atoms. The lowest BCUT2D eigenvalue weighted by Crippen LogP contribution is -2.15. The molecule has 0 saturated heterocycles. The van der Waals surface area contributed by atoms with Crippen LogP contribution in [0.1, 0.15) is 25.0 Å². The monoisotopic (exact) mass is 844 g/mol. The molecule has 1 aliphatic carbocycles. The summed E-state index contributed by atoms with van der Waals surface area (Å²) in [5.41, 5.74) is 17.3. The van der Waals surface area contributed by atoms with Gasteiger partial charge in [-0.1, -0.05) is 117 Å². The lowest BCUT2D eigenvalue weighted by Gasteiger charge is -2.23. The van der Waals surface area contributed by atoms with Crippen LogP contribution in [0.5, 0.6) is 0 Å². The summed E-state index contributed by atoms with van der Waals surface area (Å²) < 4.78 is 6.95. The summed E-state index contributed by atoms with van der Waals surface area (Å²) in [4.78, 5) is 29.9. The normalized spacial score (nSPS) is 13.1. The minimum atomic E-state index is -0.358. The Morgan fingerprint density at radius 3 is 1.77 bits per heavy atom. The van der Waals surface area contributed by atoms with E-state index in [1.807, 2.05) is 43.0 Å². The molecule has 0 saturated carbocycles. The highest BCUT2D eigenvalue weighted by Gasteiger charge is 2.39. The molecule has 0 radical (unpaired) electrons. The largest absolute Gasteiger partial charge is 0.455 e. The van der Waals surface area contributed by atoms with E-state index in [2.05, 4.69) is 158 Å². The fourth-order valence-electron chi connectivity index (χ4n) is 10.5. The highest BCUT2D eigenvalue weighted by atomic mass is 16.3. The molecule has 0 aliphatic heterocycles. The number of pyridine rings is 6. The van der Waals surface area contributed by atoms with Crippen LogP contribution in [0.2, 0.25) is 0 Å².